The van der Waals surface area contributed by atoms with E-state index in [1.807, 2.05) is 6.07 Å². The monoisotopic (exact) mass is 386 g/mol. The highest BCUT2D eigenvalue weighted by Gasteiger charge is 2.55. The molecule has 2 aromatic carbocycles. The van der Waals surface area contributed by atoms with Crippen LogP contribution in [0.25, 0.3) is 10.9 Å². The normalized spacial score (nSPS) is 14.6. The molecule has 146 valence electrons. The Kier molecular flexibility index (Phi) is 4.99. The minimum atomic E-state index is -4.80. The van der Waals surface area contributed by atoms with E-state index in [9.17, 15) is 18.3 Å². The van der Waals surface area contributed by atoms with Crippen LogP contribution < -0.4 is 0 Å². The lowest BCUT2D eigenvalue weighted by Crippen LogP contribution is -2.50. The van der Waals surface area contributed by atoms with Gasteiger partial charge in [0.15, 0.2) is 5.60 Å². The zero-order valence-corrected chi connectivity index (χ0v) is 15.6. The first kappa shape index (κ1) is 20.0. The number of halogens is 3. The molecule has 28 heavy (non-hydrogen) atoms. The van der Waals surface area contributed by atoms with Gasteiger partial charge in [-0.15, -0.1) is 0 Å². The summed E-state index contributed by atoms with van der Waals surface area (Å²) in [6.45, 7) is 3.40. The number of aliphatic hydroxyl groups is 1. The Hall–Kier alpha value is -2.78. The average Bonchev–Trinajstić information content (AvgIpc) is 3.01. The van der Waals surface area contributed by atoms with E-state index in [0.29, 0.717) is 16.5 Å². The van der Waals surface area contributed by atoms with Crippen LogP contribution in [0.2, 0.25) is 0 Å². The minimum absolute atomic E-state index is 0.272. The Bertz CT molecular complexity index is 1020. The Morgan fingerprint density at radius 3 is 2.32 bits per heavy atom. The van der Waals surface area contributed by atoms with Crippen LogP contribution in [0.1, 0.15) is 37.1 Å². The molecule has 1 atom stereocenters. The van der Waals surface area contributed by atoms with Gasteiger partial charge in [-0.25, -0.2) is 0 Å². The molecule has 3 aromatic rings. The zero-order valence-electron chi connectivity index (χ0n) is 15.6. The Morgan fingerprint density at radius 1 is 1.04 bits per heavy atom. The van der Waals surface area contributed by atoms with Crippen molar-refractivity contribution in [1.29, 1.82) is 5.26 Å². The summed E-state index contributed by atoms with van der Waals surface area (Å²) in [7, 11) is 0. The number of alkyl halides is 3. The van der Waals surface area contributed by atoms with E-state index in [0.717, 1.165) is 5.56 Å². The summed E-state index contributed by atoms with van der Waals surface area (Å²) in [5, 5.41) is 20.4. The molecule has 0 amide bonds. The highest BCUT2D eigenvalue weighted by Crippen LogP contribution is 2.43. The van der Waals surface area contributed by atoms with Gasteiger partial charge in [0, 0.05) is 23.0 Å². The molecule has 0 aliphatic carbocycles. The third-order valence-electron chi connectivity index (χ3n) is 5.11. The first-order valence-corrected chi connectivity index (χ1v) is 8.90. The quantitative estimate of drug-likeness (QED) is 0.630. The number of aromatic nitrogens is 1. The van der Waals surface area contributed by atoms with E-state index < -0.39 is 30.0 Å². The summed E-state index contributed by atoms with van der Waals surface area (Å²) in [6.07, 6.45) is -5.87. The molecule has 6 heteroatoms. The van der Waals surface area contributed by atoms with Crippen LogP contribution in [0.3, 0.4) is 0 Å². The van der Waals surface area contributed by atoms with Gasteiger partial charge in [-0.1, -0.05) is 44.2 Å². The van der Waals surface area contributed by atoms with E-state index in [1.54, 1.807) is 68.4 Å². The highest BCUT2D eigenvalue weighted by molar-refractivity contribution is 5.81. The first-order chi connectivity index (χ1) is 13.0. The van der Waals surface area contributed by atoms with Crippen molar-refractivity contribution in [1.82, 2.24) is 4.98 Å². The van der Waals surface area contributed by atoms with Crippen molar-refractivity contribution in [2.45, 2.75) is 43.9 Å². The number of nitriles is 1. The molecule has 3 nitrogen and oxygen atoms in total. The summed E-state index contributed by atoms with van der Waals surface area (Å²) in [4.78, 5) is 2.93. The molecule has 0 spiro atoms. The third kappa shape index (κ3) is 3.90. The number of fused-ring (bicyclic) bond motifs is 1. The fourth-order valence-electron chi connectivity index (χ4n) is 3.66. The van der Waals surface area contributed by atoms with Crippen molar-refractivity contribution in [3.8, 4) is 6.07 Å². The number of hydrogen-bond acceptors (Lipinski definition) is 2. The molecule has 0 aliphatic heterocycles. The molecule has 1 aromatic heterocycles. The standard InChI is InChI=1S/C22H21F3N2O/c1-20(2,17-6-4-3-5-7-17)14-21(28,22(23,24)25)12-18-11-16-10-15(13-26)8-9-19(16)27-18/h3-11,27-28H,12,14H2,1-2H3. The smallest absolute Gasteiger partial charge is 0.380 e. The van der Waals surface area contributed by atoms with Crippen LogP contribution in [0.5, 0.6) is 0 Å². The maximum Gasteiger partial charge on any atom is 0.417 e. The molecule has 0 saturated carbocycles. The van der Waals surface area contributed by atoms with Crippen molar-refractivity contribution >= 4 is 10.9 Å². The number of nitrogens with zero attached hydrogens (tertiary/aromatic N) is 1. The van der Waals surface area contributed by atoms with Crippen molar-refractivity contribution in [2.24, 2.45) is 0 Å². The molecule has 1 heterocycles. The van der Waals surface area contributed by atoms with Crippen molar-refractivity contribution in [3.05, 3.63) is 71.4 Å². The Balaban J connectivity index is 1.95. The van der Waals surface area contributed by atoms with Gasteiger partial charge >= 0.3 is 6.18 Å². The minimum Gasteiger partial charge on any atom is -0.380 e. The van der Waals surface area contributed by atoms with E-state index in [-0.39, 0.29) is 5.69 Å². The summed E-state index contributed by atoms with van der Waals surface area (Å²) < 4.78 is 41.7. The maximum atomic E-state index is 13.9. The summed E-state index contributed by atoms with van der Waals surface area (Å²) >= 11 is 0. The number of rotatable bonds is 5. The van der Waals surface area contributed by atoms with E-state index in [4.69, 9.17) is 5.26 Å². The van der Waals surface area contributed by atoms with Crippen LogP contribution >= 0.6 is 0 Å². The number of aromatic amines is 1. The van der Waals surface area contributed by atoms with Crippen LogP contribution in [-0.2, 0) is 11.8 Å². The molecular formula is C22H21F3N2O. The van der Waals surface area contributed by atoms with E-state index in [1.165, 1.54) is 0 Å². The lowest BCUT2D eigenvalue weighted by atomic mass is 9.73. The van der Waals surface area contributed by atoms with Gasteiger partial charge in [0.05, 0.1) is 11.6 Å². The number of benzene rings is 2. The zero-order chi connectivity index (χ0) is 20.6. The van der Waals surface area contributed by atoms with Crippen molar-refractivity contribution in [2.75, 3.05) is 0 Å². The predicted molar refractivity (Wildman–Crippen MR) is 102 cm³/mol. The molecule has 0 aliphatic rings. The molecule has 3 rings (SSSR count). The van der Waals surface area contributed by atoms with Gasteiger partial charge in [0.2, 0.25) is 0 Å². The van der Waals surface area contributed by atoms with Gasteiger partial charge in [0.25, 0.3) is 0 Å². The molecule has 2 N–H and O–H groups in total. The largest absolute Gasteiger partial charge is 0.417 e. The van der Waals surface area contributed by atoms with Crippen molar-refractivity contribution < 1.29 is 18.3 Å². The van der Waals surface area contributed by atoms with Crippen LogP contribution in [0.15, 0.2) is 54.6 Å². The van der Waals surface area contributed by atoms with Gasteiger partial charge in [-0.2, -0.15) is 18.4 Å². The van der Waals surface area contributed by atoms with E-state index in [2.05, 4.69) is 4.98 Å². The van der Waals surface area contributed by atoms with Crippen LogP contribution in [-0.4, -0.2) is 21.9 Å². The SMILES string of the molecule is CC(C)(CC(O)(Cc1cc2cc(C#N)ccc2[nH]1)C(F)(F)F)c1ccccc1. The Morgan fingerprint density at radius 2 is 1.71 bits per heavy atom. The van der Waals surface area contributed by atoms with E-state index >= 15 is 0 Å². The number of nitrogens with one attached hydrogen (secondary N) is 1. The number of hydrogen-bond donors (Lipinski definition) is 2. The second-order valence-corrected chi connectivity index (χ2v) is 7.84. The predicted octanol–water partition coefficient (Wildman–Crippen LogP) is 5.24. The van der Waals surface area contributed by atoms with Crippen molar-refractivity contribution in [3.63, 3.8) is 0 Å². The highest BCUT2D eigenvalue weighted by atomic mass is 19.4. The second-order valence-electron chi connectivity index (χ2n) is 7.84. The topological polar surface area (TPSA) is 59.8 Å². The average molecular weight is 386 g/mol. The molecule has 0 fully saturated rings. The Labute approximate surface area is 161 Å². The molecule has 0 saturated heterocycles. The van der Waals surface area contributed by atoms with Gasteiger partial charge in [-0.05, 0) is 41.7 Å². The summed E-state index contributed by atoms with van der Waals surface area (Å²) in [5.41, 5.74) is -1.73. The summed E-state index contributed by atoms with van der Waals surface area (Å²) in [6, 6.07) is 17.3. The fraction of sp³-hybridized carbons (Fsp3) is 0.318. The van der Waals surface area contributed by atoms with Gasteiger partial charge in [0.1, 0.15) is 0 Å². The first-order valence-electron chi connectivity index (χ1n) is 8.90. The molecule has 0 radical (unpaired) electrons. The summed E-state index contributed by atoms with van der Waals surface area (Å²) in [5.74, 6) is 0. The maximum absolute atomic E-state index is 13.9. The van der Waals surface area contributed by atoms with Crippen LogP contribution in [0, 0.1) is 11.3 Å². The van der Waals surface area contributed by atoms with Crippen LogP contribution in [0.4, 0.5) is 13.2 Å². The fourth-order valence-corrected chi connectivity index (χ4v) is 3.66. The van der Waals surface area contributed by atoms with Gasteiger partial charge < -0.3 is 10.1 Å². The number of H-pyrrole nitrogens is 1. The lowest BCUT2D eigenvalue weighted by molar-refractivity contribution is -0.266. The lowest BCUT2D eigenvalue weighted by Gasteiger charge is -2.37. The van der Waals surface area contributed by atoms with Gasteiger partial charge in [-0.3, -0.25) is 0 Å². The molecule has 0 bridgehead atoms. The molecular weight excluding hydrogens is 365 g/mol. The third-order valence-corrected chi connectivity index (χ3v) is 5.11. The second kappa shape index (κ2) is 6.99. The molecule has 1 unspecified atom stereocenters.